The molecule has 19 heavy (non-hydrogen) atoms. The average Bonchev–Trinajstić information content (AvgIpc) is 3.13. The Morgan fingerprint density at radius 3 is 2.89 bits per heavy atom. The molecule has 1 aromatic carbocycles. The molecule has 1 saturated carbocycles. The van der Waals surface area contributed by atoms with Gasteiger partial charge < -0.3 is 15.2 Å². The average molecular weight is 265 g/mol. The van der Waals surface area contributed by atoms with Crippen LogP contribution in [0.5, 0.6) is 5.75 Å². The summed E-state index contributed by atoms with van der Waals surface area (Å²) in [6, 6.07) is 4.31. The molecule has 3 nitrogen and oxygen atoms in total. The molecule has 0 spiro atoms. The highest BCUT2D eigenvalue weighted by molar-refractivity contribution is 5.35. The van der Waals surface area contributed by atoms with Crippen LogP contribution in [-0.2, 0) is 4.74 Å². The molecule has 0 aromatic heterocycles. The van der Waals surface area contributed by atoms with Crippen LogP contribution >= 0.6 is 0 Å². The van der Waals surface area contributed by atoms with Crippen LogP contribution in [0.3, 0.4) is 0 Å². The van der Waals surface area contributed by atoms with Gasteiger partial charge in [-0.05, 0) is 50.3 Å². The molecule has 1 aromatic rings. The first-order valence-corrected chi connectivity index (χ1v) is 7.01. The summed E-state index contributed by atoms with van der Waals surface area (Å²) in [5.41, 5.74) is 0.612. The molecule has 2 fully saturated rings. The molecule has 3 unspecified atom stereocenters. The molecule has 0 amide bonds. The summed E-state index contributed by atoms with van der Waals surface area (Å²) in [6.45, 7) is 2.75. The minimum absolute atomic E-state index is 0.0800. The summed E-state index contributed by atoms with van der Waals surface area (Å²) in [6.07, 6.45) is 3.78. The van der Waals surface area contributed by atoms with Crippen molar-refractivity contribution in [3.8, 4) is 5.75 Å². The zero-order valence-electron chi connectivity index (χ0n) is 11.1. The molecular formula is C15H20FNO2. The molecule has 1 aliphatic carbocycles. The number of nitrogens with one attached hydrogen (secondary N) is 1. The Balaban J connectivity index is 1.70. The van der Waals surface area contributed by atoms with Gasteiger partial charge in [-0.25, -0.2) is 4.39 Å². The van der Waals surface area contributed by atoms with Crippen molar-refractivity contribution in [1.82, 2.24) is 5.32 Å². The van der Waals surface area contributed by atoms with E-state index in [1.165, 1.54) is 31.0 Å². The third kappa shape index (κ3) is 2.74. The van der Waals surface area contributed by atoms with E-state index >= 15 is 0 Å². The van der Waals surface area contributed by atoms with E-state index in [9.17, 15) is 9.50 Å². The van der Waals surface area contributed by atoms with E-state index in [0.29, 0.717) is 17.5 Å². The third-order valence-electron chi connectivity index (χ3n) is 4.14. The summed E-state index contributed by atoms with van der Waals surface area (Å²) < 4.78 is 19.1. The minimum atomic E-state index is -0.317. The van der Waals surface area contributed by atoms with Crippen LogP contribution < -0.4 is 5.32 Å². The second-order valence-electron chi connectivity index (χ2n) is 5.66. The predicted octanol–water partition coefficient (Wildman–Crippen LogP) is 2.75. The Kier molecular flexibility index (Phi) is 3.46. The van der Waals surface area contributed by atoms with Gasteiger partial charge >= 0.3 is 0 Å². The smallest absolute Gasteiger partial charge is 0.123 e. The second-order valence-corrected chi connectivity index (χ2v) is 5.66. The molecule has 3 rings (SSSR count). The number of phenols is 1. The number of benzene rings is 1. The van der Waals surface area contributed by atoms with Gasteiger partial charge in [0.1, 0.15) is 11.6 Å². The number of phenolic OH excluding ortho intramolecular Hbond substituents is 1. The molecule has 104 valence electrons. The number of aromatic hydroxyl groups is 1. The molecular weight excluding hydrogens is 245 g/mol. The molecule has 0 bridgehead atoms. The van der Waals surface area contributed by atoms with Crippen molar-refractivity contribution in [3.05, 3.63) is 29.6 Å². The Hall–Kier alpha value is -1.13. The quantitative estimate of drug-likeness (QED) is 0.879. The highest BCUT2D eigenvalue weighted by Gasteiger charge is 2.41. The van der Waals surface area contributed by atoms with E-state index < -0.39 is 0 Å². The predicted molar refractivity (Wildman–Crippen MR) is 70.5 cm³/mol. The molecule has 1 aliphatic heterocycles. The fourth-order valence-electron chi connectivity index (χ4n) is 2.96. The summed E-state index contributed by atoms with van der Waals surface area (Å²) >= 11 is 0. The maximum absolute atomic E-state index is 13.3. The van der Waals surface area contributed by atoms with Crippen molar-refractivity contribution in [1.29, 1.82) is 0 Å². The lowest BCUT2D eigenvalue weighted by molar-refractivity contribution is 0.0792. The van der Waals surface area contributed by atoms with Gasteiger partial charge in [-0.3, -0.25) is 0 Å². The summed E-state index contributed by atoms with van der Waals surface area (Å²) in [5, 5.41) is 13.3. The number of hydrogen-bond donors (Lipinski definition) is 2. The van der Waals surface area contributed by atoms with E-state index in [4.69, 9.17) is 4.74 Å². The van der Waals surface area contributed by atoms with Gasteiger partial charge in [-0.15, -0.1) is 0 Å². The van der Waals surface area contributed by atoms with E-state index in [1.54, 1.807) is 0 Å². The van der Waals surface area contributed by atoms with Crippen LogP contribution in [0.1, 0.15) is 37.8 Å². The molecule has 1 heterocycles. The van der Waals surface area contributed by atoms with Crippen molar-refractivity contribution < 1.29 is 14.2 Å². The monoisotopic (exact) mass is 265 g/mol. The fourth-order valence-corrected chi connectivity index (χ4v) is 2.96. The van der Waals surface area contributed by atoms with Gasteiger partial charge in [0.2, 0.25) is 0 Å². The van der Waals surface area contributed by atoms with E-state index in [-0.39, 0.29) is 23.7 Å². The lowest BCUT2D eigenvalue weighted by Gasteiger charge is -2.24. The number of rotatable bonds is 4. The van der Waals surface area contributed by atoms with E-state index in [2.05, 4.69) is 5.32 Å². The summed E-state index contributed by atoms with van der Waals surface area (Å²) in [5.74, 6) is 0.513. The lowest BCUT2D eigenvalue weighted by atomic mass is 10.0. The van der Waals surface area contributed by atoms with Crippen LogP contribution in [0.2, 0.25) is 0 Å². The normalized spacial score (nSPS) is 28.5. The van der Waals surface area contributed by atoms with Crippen LogP contribution in [0.4, 0.5) is 4.39 Å². The van der Waals surface area contributed by atoms with Crippen LogP contribution in [-0.4, -0.2) is 23.9 Å². The Morgan fingerprint density at radius 1 is 1.37 bits per heavy atom. The molecule has 4 heteroatoms. The molecule has 1 saturated heterocycles. The van der Waals surface area contributed by atoms with Gasteiger partial charge in [0, 0.05) is 24.3 Å². The van der Waals surface area contributed by atoms with Gasteiger partial charge in [0.15, 0.2) is 0 Å². The lowest BCUT2D eigenvalue weighted by Crippen LogP contribution is -2.39. The minimum Gasteiger partial charge on any atom is -0.508 e. The Morgan fingerprint density at radius 2 is 2.16 bits per heavy atom. The van der Waals surface area contributed by atoms with Crippen molar-refractivity contribution in [2.75, 3.05) is 6.61 Å². The van der Waals surface area contributed by atoms with Crippen molar-refractivity contribution >= 4 is 0 Å². The largest absolute Gasteiger partial charge is 0.508 e. The van der Waals surface area contributed by atoms with Crippen LogP contribution in [0.15, 0.2) is 18.2 Å². The number of halogens is 1. The molecule has 2 aliphatic rings. The van der Waals surface area contributed by atoms with Crippen molar-refractivity contribution in [3.63, 3.8) is 0 Å². The first kappa shape index (κ1) is 12.9. The zero-order chi connectivity index (χ0) is 13.4. The summed E-state index contributed by atoms with van der Waals surface area (Å²) in [7, 11) is 0. The maximum Gasteiger partial charge on any atom is 0.123 e. The first-order valence-electron chi connectivity index (χ1n) is 7.01. The van der Waals surface area contributed by atoms with E-state index in [0.717, 1.165) is 13.0 Å². The van der Waals surface area contributed by atoms with Gasteiger partial charge in [-0.1, -0.05) is 0 Å². The maximum atomic E-state index is 13.3. The summed E-state index contributed by atoms with van der Waals surface area (Å²) in [4.78, 5) is 0. The van der Waals surface area contributed by atoms with Gasteiger partial charge in [0.05, 0.1) is 6.10 Å². The third-order valence-corrected chi connectivity index (χ3v) is 4.14. The highest BCUT2D eigenvalue weighted by Crippen LogP contribution is 2.39. The topological polar surface area (TPSA) is 41.5 Å². The standard InChI is InChI=1S/C15H20FNO2/c1-9(12-8-11(16)4-5-14(12)18)17-13-6-7-19-15(13)10-2-3-10/h4-5,8-10,13,15,17-18H,2-3,6-7H2,1H3. The second kappa shape index (κ2) is 5.10. The fraction of sp³-hybridized carbons (Fsp3) is 0.600. The zero-order valence-corrected chi connectivity index (χ0v) is 11.1. The van der Waals surface area contributed by atoms with Crippen molar-refractivity contribution in [2.45, 2.75) is 44.4 Å². The van der Waals surface area contributed by atoms with Crippen LogP contribution in [0, 0.1) is 11.7 Å². The van der Waals surface area contributed by atoms with Gasteiger partial charge in [0.25, 0.3) is 0 Å². The van der Waals surface area contributed by atoms with Gasteiger partial charge in [-0.2, -0.15) is 0 Å². The number of ether oxygens (including phenoxy) is 1. The first-order chi connectivity index (χ1) is 9.15. The Bertz CT molecular complexity index is 461. The SMILES string of the molecule is CC(NC1CCOC1C1CC1)c1cc(F)ccc1O. The molecule has 0 radical (unpaired) electrons. The molecule has 2 N–H and O–H groups in total. The number of hydrogen-bond acceptors (Lipinski definition) is 3. The highest BCUT2D eigenvalue weighted by atomic mass is 19.1. The van der Waals surface area contributed by atoms with E-state index in [1.807, 2.05) is 6.92 Å². The van der Waals surface area contributed by atoms with Crippen molar-refractivity contribution in [2.24, 2.45) is 5.92 Å². The van der Waals surface area contributed by atoms with Crippen LogP contribution in [0.25, 0.3) is 0 Å². The Labute approximate surface area is 112 Å². The molecule has 3 atom stereocenters.